The Morgan fingerprint density at radius 3 is 2.76 bits per heavy atom. The van der Waals surface area contributed by atoms with E-state index in [9.17, 15) is 9.18 Å². The molecule has 86 valence electrons. The van der Waals surface area contributed by atoms with Crippen LogP contribution in [0.5, 0.6) is 0 Å². The molecule has 0 fully saturated rings. The van der Waals surface area contributed by atoms with E-state index in [4.69, 9.17) is 0 Å². The zero-order chi connectivity index (χ0) is 12.4. The molecule has 0 unspecified atom stereocenters. The van der Waals surface area contributed by atoms with Crippen LogP contribution in [0.15, 0.2) is 40.9 Å². The summed E-state index contributed by atoms with van der Waals surface area (Å²) < 4.78 is 14.2. The lowest BCUT2D eigenvalue weighted by Crippen LogP contribution is -2.07. The molecular weight excluding hydrogens is 285 g/mol. The Bertz CT molecular complexity index is 583. The SMILES string of the molecule is Cc1cccc(C(=O)c2cc(Br)ccc2F)n1. The lowest BCUT2D eigenvalue weighted by Gasteiger charge is -2.03. The van der Waals surface area contributed by atoms with Crippen molar-refractivity contribution >= 4 is 21.7 Å². The Kier molecular flexibility index (Phi) is 3.33. The van der Waals surface area contributed by atoms with Crippen LogP contribution in [0.4, 0.5) is 4.39 Å². The van der Waals surface area contributed by atoms with Gasteiger partial charge in [-0.05, 0) is 37.3 Å². The molecular formula is C13H9BrFNO. The number of aromatic nitrogens is 1. The number of nitrogens with zero attached hydrogens (tertiary/aromatic N) is 1. The van der Waals surface area contributed by atoms with Crippen molar-refractivity contribution < 1.29 is 9.18 Å². The van der Waals surface area contributed by atoms with Gasteiger partial charge in [0.15, 0.2) is 0 Å². The summed E-state index contributed by atoms with van der Waals surface area (Å²) in [5.74, 6) is -0.950. The summed E-state index contributed by atoms with van der Waals surface area (Å²) in [4.78, 5) is 16.1. The lowest BCUT2D eigenvalue weighted by atomic mass is 10.1. The van der Waals surface area contributed by atoms with Gasteiger partial charge in [0.25, 0.3) is 0 Å². The highest BCUT2D eigenvalue weighted by molar-refractivity contribution is 9.10. The van der Waals surface area contributed by atoms with Crippen molar-refractivity contribution in [1.29, 1.82) is 0 Å². The van der Waals surface area contributed by atoms with Crippen LogP contribution in [-0.4, -0.2) is 10.8 Å². The van der Waals surface area contributed by atoms with Gasteiger partial charge in [-0.2, -0.15) is 0 Å². The molecule has 0 atom stereocenters. The third-order valence-electron chi connectivity index (χ3n) is 2.29. The second kappa shape index (κ2) is 4.75. The minimum Gasteiger partial charge on any atom is -0.287 e. The van der Waals surface area contributed by atoms with Gasteiger partial charge in [-0.15, -0.1) is 0 Å². The predicted octanol–water partition coefficient (Wildman–Crippen LogP) is 3.52. The molecule has 2 aromatic rings. The highest BCUT2D eigenvalue weighted by atomic mass is 79.9. The van der Waals surface area contributed by atoms with Crippen LogP contribution in [0.3, 0.4) is 0 Å². The maximum atomic E-state index is 13.5. The molecule has 4 heteroatoms. The van der Waals surface area contributed by atoms with E-state index in [2.05, 4.69) is 20.9 Å². The Hall–Kier alpha value is -1.55. The average molecular weight is 294 g/mol. The zero-order valence-electron chi connectivity index (χ0n) is 9.08. The number of benzene rings is 1. The van der Waals surface area contributed by atoms with Crippen LogP contribution in [-0.2, 0) is 0 Å². The van der Waals surface area contributed by atoms with Gasteiger partial charge in [0.05, 0.1) is 5.56 Å². The average Bonchev–Trinajstić information content (AvgIpc) is 2.31. The molecule has 0 amide bonds. The molecule has 0 radical (unpaired) electrons. The normalized spacial score (nSPS) is 10.3. The maximum absolute atomic E-state index is 13.5. The molecule has 0 spiro atoms. The van der Waals surface area contributed by atoms with Crippen molar-refractivity contribution in [1.82, 2.24) is 4.98 Å². The number of hydrogen-bond acceptors (Lipinski definition) is 2. The van der Waals surface area contributed by atoms with Gasteiger partial charge in [0, 0.05) is 10.2 Å². The van der Waals surface area contributed by atoms with E-state index in [1.165, 1.54) is 12.1 Å². The molecule has 17 heavy (non-hydrogen) atoms. The van der Waals surface area contributed by atoms with Gasteiger partial charge in [-0.3, -0.25) is 4.79 Å². The first-order chi connectivity index (χ1) is 8.08. The molecule has 0 N–H and O–H groups in total. The summed E-state index contributed by atoms with van der Waals surface area (Å²) in [6.07, 6.45) is 0. The first-order valence-corrected chi connectivity index (χ1v) is 5.80. The Labute approximate surface area is 107 Å². The van der Waals surface area contributed by atoms with Crippen molar-refractivity contribution in [2.75, 3.05) is 0 Å². The standard InChI is InChI=1S/C13H9BrFNO/c1-8-3-2-4-12(16-8)13(17)10-7-9(14)5-6-11(10)15/h2-7H,1H3. The number of carbonyl (C=O) groups is 1. The molecule has 0 aliphatic carbocycles. The quantitative estimate of drug-likeness (QED) is 0.793. The van der Waals surface area contributed by atoms with Crippen molar-refractivity contribution in [3.05, 3.63) is 63.6 Å². The molecule has 2 rings (SSSR count). The first-order valence-electron chi connectivity index (χ1n) is 5.01. The Balaban J connectivity index is 2.47. The number of pyridine rings is 1. The topological polar surface area (TPSA) is 30.0 Å². The monoisotopic (exact) mass is 293 g/mol. The molecule has 0 saturated heterocycles. The second-order valence-corrected chi connectivity index (χ2v) is 4.53. The molecule has 1 aromatic heterocycles. The van der Waals surface area contributed by atoms with Crippen molar-refractivity contribution in [3.63, 3.8) is 0 Å². The van der Waals surface area contributed by atoms with E-state index < -0.39 is 11.6 Å². The van der Waals surface area contributed by atoms with Crippen LogP contribution >= 0.6 is 15.9 Å². The summed E-state index contributed by atoms with van der Waals surface area (Å²) >= 11 is 3.21. The minimum absolute atomic E-state index is 0.0254. The van der Waals surface area contributed by atoms with Crippen LogP contribution in [0.25, 0.3) is 0 Å². The van der Waals surface area contributed by atoms with E-state index in [0.717, 1.165) is 5.69 Å². The molecule has 1 heterocycles. The van der Waals surface area contributed by atoms with Gasteiger partial charge in [0.1, 0.15) is 11.5 Å². The third-order valence-corrected chi connectivity index (χ3v) is 2.79. The fourth-order valence-electron chi connectivity index (χ4n) is 1.48. The summed E-state index contributed by atoms with van der Waals surface area (Å²) in [5.41, 5.74) is 1.01. The number of hydrogen-bond donors (Lipinski definition) is 0. The summed E-state index contributed by atoms with van der Waals surface area (Å²) in [5, 5.41) is 0. The third kappa shape index (κ3) is 2.58. The molecule has 0 bridgehead atoms. The molecule has 2 nitrogen and oxygen atoms in total. The zero-order valence-corrected chi connectivity index (χ0v) is 10.7. The molecule has 0 aliphatic heterocycles. The van der Waals surface area contributed by atoms with E-state index in [1.54, 1.807) is 31.2 Å². The predicted molar refractivity (Wildman–Crippen MR) is 66.5 cm³/mol. The smallest absolute Gasteiger partial charge is 0.214 e. The highest BCUT2D eigenvalue weighted by Crippen LogP contribution is 2.18. The largest absolute Gasteiger partial charge is 0.287 e. The molecule has 1 aromatic carbocycles. The Morgan fingerprint density at radius 1 is 1.29 bits per heavy atom. The van der Waals surface area contributed by atoms with Gasteiger partial charge >= 0.3 is 0 Å². The molecule has 0 aliphatic rings. The van der Waals surface area contributed by atoms with Crippen LogP contribution in [0.1, 0.15) is 21.7 Å². The van der Waals surface area contributed by atoms with E-state index >= 15 is 0 Å². The van der Waals surface area contributed by atoms with Crippen LogP contribution in [0, 0.1) is 12.7 Å². The highest BCUT2D eigenvalue weighted by Gasteiger charge is 2.15. The summed E-state index contributed by atoms with van der Waals surface area (Å²) in [6.45, 7) is 1.79. The van der Waals surface area contributed by atoms with E-state index in [-0.39, 0.29) is 11.3 Å². The van der Waals surface area contributed by atoms with E-state index in [0.29, 0.717) is 4.47 Å². The summed E-state index contributed by atoms with van der Waals surface area (Å²) in [7, 11) is 0. The number of rotatable bonds is 2. The maximum Gasteiger partial charge on any atom is 0.214 e. The number of carbonyl (C=O) groups excluding carboxylic acids is 1. The fraction of sp³-hybridized carbons (Fsp3) is 0.0769. The number of ketones is 1. The number of halogens is 2. The number of aryl methyl sites for hydroxylation is 1. The van der Waals surface area contributed by atoms with Gasteiger partial charge in [-0.25, -0.2) is 9.37 Å². The summed E-state index contributed by atoms with van der Waals surface area (Å²) in [6, 6.07) is 9.36. The van der Waals surface area contributed by atoms with Crippen LogP contribution in [0.2, 0.25) is 0 Å². The molecule has 0 saturated carbocycles. The fourth-order valence-corrected chi connectivity index (χ4v) is 1.84. The first kappa shape index (κ1) is 11.9. The van der Waals surface area contributed by atoms with Gasteiger partial charge in [-0.1, -0.05) is 22.0 Å². The van der Waals surface area contributed by atoms with Crippen molar-refractivity contribution in [2.45, 2.75) is 6.92 Å². The van der Waals surface area contributed by atoms with Crippen molar-refractivity contribution in [2.24, 2.45) is 0 Å². The van der Waals surface area contributed by atoms with Crippen molar-refractivity contribution in [3.8, 4) is 0 Å². The second-order valence-electron chi connectivity index (χ2n) is 3.62. The minimum atomic E-state index is -0.540. The Morgan fingerprint density at radius 2 is 2.06 bits per heavy atom. The van der Waals surface area contributed by atoms with Crippen LogP contribution < -0.4 is 0 Å². The van der Waals surface area contributed by atoms with Gasteiger partial charge < -0.3 is 0 Å². The van der Waals surface area contributed by atoms with E-state index in [1.807, 2.05) is 0 Å². The van der Waals surface area contributed by atoms with Gasteiger partial charge in [0.2, 0.25) is 5.78 Å². The lowest BCUT2D eigenvalue weighted by molar-refractivity contribution is 0.103.